The molecule has 27 heavy (non-hydrogen) atoms. The van der Waals surface area contributed by atoms with Gasteiger partial charge in [0, 0.05) is 26.2 Å². The summed E-state index contributed by atoms with van der Waals surface area (Å²) < 4.78 is 12.5. The van der Waals surface area contributed by atoms with Crippen LogP contribution in [0, 0.1) is 0 Å². The minimum absolute atomic E-state index is 0.0689. The summed E-state index contributed by atoms with van der Waals surface area (Å²) in [4.78, 5) is 22.3. The zero-order chi connectivity index (χ0) is 18.4. The summed E-state index contributed by atoms with van der Waals surface area (Å²) in [5.74, 6) is 1.73. The molecule has 3 aromatic rings. The third kappa shape index (κ3) is 2.91. The Bertz CT molecular complexity index is 929. The average Bonchev–Trinajstić information content (AvgIpc) is 3.44. The molecule has 1 fully saturated rings. The molecular weight excluding hydrogens is 366 g/mol. The number of hydrogen-bond acceptors (Lipinski definition) is 8. The second kappa shape index (κ2) is 6.66. The SMILES string of the molecule is CN1CCN(C(c2ccco2)C2Sc3nc(-c4ccco4)nn3C2=O)CC1. The van der Waals surface area contributed by atoms with Gasteiger partial charge in [-0.15, -0.1) is 5.10 Å². The highest BCUT2D eigenvalue weighted by molar-refractivity contribution is 8.00. The first-order valence-electron chi connectivity index (χ1n) is 8.88. The molecule has 9 heteroatoms. The number of piperazine rings is 1. The zero-order valence-corrected chi connectivity index (χ0v) is 15.6. The number of aromatic nitrogens is 3. The first-order chi connectivity index (χ1) is 13.2. The van der Waals surface area contributed by atoms with Crippen molar-refractivity contribution in [2.24, 2.45) is 0 Å². The molecule has 0 aromatic carbocycles. The summed E-state index contributed by atoms with van der Waals surface area (Å²) in [6.07, 6.45) is 3.23. The number of thioether (sulfide) groups is 1. The van der Waals surface area contributed by atoms with Gasteiger partial charge in [0.1, 0.15) is 11.0 Å². The highest BCUT2D eigenvalue weighted by Crippen LogP contribution is 2.42. The topological polar surface area (TPSA) is 80.5 Å². The Hall–Kier alpha value is -2.36. The number of furan rings is 2. The van der Waals surface area contributed by atoms with Crippen molar-refractivity contribution in [3.63, 3.8) is 0 Å². The van der Waals surface area contributed by atoms with Crippen LogP contribution in [0.4, 0.5) is 0 Å². The first kappa shape index (κ1) is 16.8. The lowest BCUT2D eigenvalue weighted by Gasteiger charge is -2.38. The van der Waals surface area contributed by atoms with Crippen LogP contribution in [0.5, 0.6) is 0 Å². The smallest absolute Gasteiger partial charge is 0.265 e. The van der Waals surface area contributed by atoms with Gasteiger partial charge in [-0.05, 0) is 31.3 Å². The van der Waals surface area contributed by atoms with E-state index >= 15 is 0 Å². The summed E-state index contributed by atoms with van der Waals surface area (Å²) >= 11 is 1.45. The Kier molecular flexibility index (Phi) is 4.14. The van der Waals surface area contributed by atoms with Crippen LogP contribution in [0.15, 0.2) is 50.8 Å². The molecular formula is C18H19N5O3S. The van der Waals surface area contributed by atoms with Crippen molar-refractivity contribution in [2.75, 3.05) is 33.2 Å². The van der Waals surface area contributed by atoms with Crippen LogP contribution in [-0.2, 0) is 0 Å². The molecule has 1 saturated heterocycles. The van der Waals surface area contributed by atoms with Crippen molar-refractivity contribution in [3.05, 3.63) is 42.6 Å². The van der Waals surface area contributed by atoms with Gasteiger partial charge in [-0.2, -0.15) is 9.67 Å². The van der Waals surface area contributed by atoms with Crippen LogP contribution < -0.4 is 0 Å². The van der Waals surface area contributed by atoms with Gasteiger partial charge in [0.2, 0.25) is 5.82 Å². The van der Waals surface area contributed by atoms with Crippen molar-refractivity contribution in [1.29, 1.82) is 0 Å². The van der Waals surface area contributed by atoms with E-state index in [1.165, 1.54) is 16.4 Å². The number of nitrogens with zero attached hydrogens (tertiary/aromatic N) is 5. The molecule has 2 unspecified atom stereocenters. The van der Waals surface area contributed by atoms with Crippen molar-refractivity contribution in [1.82, 2.24) is 24.6 Å². The van der Waals surface area contributed by atoms with Crippen LogP contribution in [0.3, 0.4) is 0 Å². The minimum atomic E-state index is -0.333. The summed E-state index contributed by atoms with van der Waals surface area (Å²) in [5.41, 5.74) is 0. The fraction of sp³-hybridized carbons (Fsp3) is 0.389. The van der Waals surface area contributed by atoms with Gasteiger partial charge in [-0.1, -0.05) is 11.8 Å². The molecule has 2 atom stereocenters. The average molecular weight is 385 g/mol. The minimum Gasteiger partial charge on any atom is -0.468 e. The van der Waals surface area contributed by atoms with Gasteiger partial charge in [-0.25, -0.2) is 0 Å². The molecule has 2 aliphatic rings. The monoisotopic (exact) mass is 385 g/mol. The summed E-state index contributed by atoms with van der Waals surface area (Å²) in [5, 5.41) is 4.64. The van der Waals surface area contributed by atoms with Crippen molar-refractivity contribution < 1.29 is 13.6 Å². The van der Waals surface area contributed by atoms with E-state index in [0.717, 1.165) is 31.9 Å². The second-order valence-corrected chi connectivity index (χ2v) is 7.89. The summed E-state index contributed by atoms with van der Waals surface area (Å²) in [6, 6.07) is 7.24. The van der Waals surface area contributed by atoms with Crippen molar-refractivity contribution in [2.45, 2.75) is 16.4 Å². The number of hydrogen-bond donors (Lipinski definition) is 0. The van der Waals surface area contributed by atoms with Gasteiger partial charge in [-0.3, -0.25) is 9.69 Å². The molecule has 0 aliphatic carbocycles. The Morgan fingerprint density at radius 3 is 2.59 bits per heavy atom. The molecule has 5 rings (SSSR count). The standard InChI is InChI=1S/C18H19N5O3S/c1-21-6-8-22(9-7-21)14(12-4-2-10-25-12)15-17(24)23-18(27-15)19-16(20-23)13-5-3-11-26-13/h2-5,10-11,14-15H,6-9H2,1H3. The first-order valence-corrected chi connectivity index (χ1v) is 9.76. The fourth-order valence-electron chi connectivity index (χ4n) is 3.59. The summed E-state index contributed by atoms with van der Waals surface area (Å²) in [7, 11) is 2.12. The lowest BCUT2D eigenvalue weighted by molar-refractivity contribution is 0.0728. The lowest BCUT2D eigenvalue weighted by atomic mass is 10.1. The maximum absolute atomic E-state index is 13.2. The van der Waals surface area contributed by atoms with Gasteiger partial charge in [0.15, 0.2) is 10.9 Å². The van der Waals surface area contributed by atoms with E-state index in [1.807, 2.05) is 12.1 Å². The molecule has 2 aliphatic heterocycles. The molecule has 0 N–H and O–H groups in total. The fourth-order valence-corrected chi connectivity index (χ4v) is 4.82. The molecule has 140 valence electrons. The largest absolute Gasteiger partial charge is 0.468 e. The van der Waals surface area contributed by atoms with Crippen LogP contribution in [-0.4, -0.2) is 68.9 Å². The molecule has 0 saturated carbocycles. The van der Waals surface area contributed by atoms with Crippen LogP contribution in [0.2, 0.25) is 0 Å². The molecule has 0 bridgehead atoms. The van der Waals surface area contributed by atoms with E-state index in [1.54, 1.807) is 24.7 Å². The van der Waals surface area contributed by atoms with E-state index < -0.39 is 0 Å². The Morgan fingerprint density at radius 2 is 1.93 bits per heavy atom. The normalized spacial score (nSPS) is 22.3. The highest BCUT2D eigenvalue weighted by Gasteiger charge is 2.44. The molecule has 0 radical (unpaired) electrons. The third-order valence-electron chi connectivity index (χ3n) is 5.06. The molecule has 3 aromatic heterocycles. The molecule has 0 amide bonds. The highest BCUT2D eigenvalue weighted by atomic mass is 32.2. The van der Waals surface area contributed by atoms with Crippen LogP contribution in [0.1, 0.15) is 16.6 Å². The van der Waals surface area contributed by atoms with Gasteiger partial charge >= 0.3 is 0 Å². The quantitative estimate of drug-likeness (QED) is 0.676. The van der Waals surface area contributed by atoms with E-state index in [4.69, 9.17) is 8.83 Å². The molecule has 5 heterocycles. The van der Waals surface area contributed by atoms with Gasteiger partial charge < -0.3 is 13.7 Å². The number of fused-ring (bicyclic) bond motifs is 1. The number of carbonyl (C=O) groups is 1. The number of likely N-dealkylation sites (N-methyl/N-ethyl adjacent to an activating group) is 1. The predicted molar refractivity (Wildman–Crippen MR) is 98.5 cm³/mol. The molecule has 8 nitrogen and oxygen atoms in total. The Morgan fingerprint density at radius 1 is 1.15 bits per heavy atom. The Balaban J connectivity index is 1.44. The maximum atomic E-state index is 13.2. The molecule has 0 spiro atoms. The van der Waals surface area contributed by atoms with E-state index in [-0.39, 0.29) is 17.2 Å². The number of carbonyl (C=O) groups excluding carboxylic acids is 1. The summed E-state index contributed by atoms with van der Waals surface area (Å²) in [6.45, 7) is 3.71. The van der Waals surface area contributed by atoms with E-state index in [2.05, 4.69) is 26.9 Å². The van der Waals surface area contributed by atoms with Gasteiger partial charge in [0.05, 0.1) is 18.6 Å². The lowest BCUT2D eigenvalue weighted by Crippen LogP contribution is -2.49. The van der Waals surface area contributed by atoms with Gasteiger partial charge in [0.25, 0.3) is 5.91 Å². The van der Waals surface area contributed by atoms with Crippen molar-refractivity contribution in [3.8, 4) is 11.6 Å². The number of rotatable bonds is 4. The zero-order valence-electron chi connectivity index (χ0n) is 14.8. The van der Waals surface area contributed by atoms with Crippen LogP contribution in [0.25, 0.3) is 11.6 Å². The maximum Gasteiger partial charge on any atom is 0.265 e. The van der Waals surface area contributed by atoms with Crippen LogP contribution >= 0.6 is 11.8 Å². The second-order valence-electron chi connectivity index (χ2n) is 6.78. The van der Waals surface area contributed by atoms with E-state index in [9.17, 15) is 4.79 Å². The van der Waals surface area contributed by atoms with E-state index in [0.29, 0.717) is 16.7 Å². The predicted octanol–water partition coefficient (Wildman–Crippen LogP) is 2.23. The van der Waals surface area contributed by atoms with Crippen molar-refractivity contribution >= 4 is 17.7 Å². The Labute approximate surface area is 160 Å². The third-order valence-corrected chi connectivity index (χ3v) is 6.24.